The highest BCUT2D eigenvalue weighted by Crippen LogP contribution is 2.29. The molecule has 0 aliphatic carbocycles. The smallest absolute Gasteiger partial charge is 0.181 e. The minimum absolute atomic E-state index is 0.645. The molecule has 0 spiro atoms. The van der Waals surface area contributed by atoms with Gasteiger partial charge in [-0.1, -0.05) is 0 Å². The molecule has 26 heavy (non-hydrogen) atoms. The van der Waals surface area contributed by atoms with E-state index in [1.54, 1.807) is 13.4 Å². The number of oxazole rings is 1. The summed E-state index contributed by atoms with van der Waals surface area (Å²) in [7, 11) is 1.71. The number of fused-ring (bicyclic) bond motifs is 1. The first-order valence-corrected chi connectivity index (χ1v) is 8.98. The Morgan fingerprint density at radius 3 is 3.00 bits per heavy atom. The molecule has 138 valence electrons. The largest absolute Gasteiger partial charge is 0.451 e. The third-order valence-electron chi connectivity index (χ3n) is 4.81. The lowest BCUT2D eigenvalue weighted by Gasteiger charge is -2.27. The minimum Gasteiger partial charge on any atom is -0.451 e. The fourth-order valence-corrected chi connectivity index (χ4v) is 3.50. The Kier molecular flexibility index (Phi) is 4.85. The zero-order valence-electron chi connectivity index (χ0n) is 15.3. The summed E-state index contributed by atoms with van der Waals surface area (Å²) in [5.41, 5.74) is 5.46. The van der Waals surface area contributed by atoms with E-state index in [0.29, 0.717) is 6.61 Å². The van der Waals surface area contributed by atoms with Crippen LogP contribution in [0.25, 0.3) is 11.4 Å². The summed E-state index contributed by atoms with van der Waals surface area (Å²) in [4.78, 5) is 6.74. The second-order valence-electron chi connectivity index (χ2n) is 6.53. The quantitative estimate of drug-likeness (QED) is 0.644. The van der Waals surface area contributed by atoms with Crippen LogP contribution in [0.2, 0.25) is 0 Å². The molecule has 0 unspecified atom stereocenters. The third kappa shape index (κ3) is 3.30. The predicted molar refractivity (Wildman–Crippen MR) is 95.3 cm³/mol. The predicted octanol–water partition coefficient (Wildman–Crippen LogP) is 1.96. The summed E-state index contributed by atoms with van der Waals surface area (Å²) in [5.74, 6) is 0. The lowest BCUT2D eigenvalue weighted by Crippen LogP contribution is -2.31. The highest BCUT2D eigenvalue weighted by atomic mass is 16.5. The van der Waals surface area contributed by atoms with Crippen LogP contribution >= 0.6 is 0 Å². The van der Waals surface area contributed by atoms with Gasteiger partial charge >= 0.3 is 0 Å². The van der Waals surface area contributed by atoms with Gasteiger partial charge in [-0.05, 0) is 6.92 Å². The topological polar surface area (TPSA) is 74.1 Å². The molecular formula is C18H24N6O2. The zero-order valence-corrected chi connectivity index (χ0v) is 15.3. The van der Waals surface area contributed by atoms with Gasteiger partial charge in [0, 0.05) is 62.7 Å². The maximum Gasteiger partial charge on any atom is 0.181 e. The van der Waals surface area contributed by atoms with Crippen molar-refractivity contribution in [2.75, 3.05) is 20.3 Å². The average molecular weight is 356 g/mol. The van der Waals surface area contributed by atoms with Crippen molar-refractivity contribution in [1.29, 1.82) is 0 Å². The second kappa shape index (κ2) is 7.43. The Balaban J connectivity index is 1.59. The highest BCUT2D eigenvalue weighted by molar-refractivity contribution is 5.59. The lowest BCUT2D eigenvalue weighted by atomic mass is 10.0. The van der Waals surface area contributed by atoms with Crippen molar-refractivity contribution in [1.82, 2.24) is 29.4 Å². The molecule has 0 atom stereocenters. The number of hydrogen-bond acceptors (Lipinski definition) is 6. The molecule has 1 aliphatic heterocycles. The van der Waals surface area contributed by atoms with Crippen LogP contribution in [0.3, 0.4) is 0 Å². The van der Waals surface area contributed by atoms with Crippen molar-refractivity contribution in [3.8, 4) is 11.4 Å². The maximum atomic E-state index is 5.24. The van der Waals surface area contributed by atoms with Crippen LogP contribution in [0.15, 0.2) is 29.5 Å². The number of aromatic nitrogens is 5. The SMILES string of the molecule is CCn1cc(CN2CCc3c(c(-c4cocn4)nn3CCOC)C2)cn1. The molecule has 0 saturated heterocycles. The van der Waals surface area contributed by atoms with Crippen molar-refractivity contribution in [3.63, 3.8) is 0 Å². The molecule has 0 N–H and O–H groups in total. The van der Waals surface area contributed by atoms with Crippen molar-refractivity contribution in [2.24, 2.45) is 0 Å². The molecule has 0 radical (unpaired) electrons. The molecule has 0 bridgehead atoms. The minimum atomic E-state index is 0.645. The third-order valence-corrected chi connectivity index (χ3v) is 4.81. The summed E-state index contributed by atoms with van der Waals surface area (Å²) in [6, 6.07) is 0. The Morgan fingerprint density at radius 1 is 1.35 bits per heavy atom. The highest BCUT2D eigenvalue weighted by Gasteiger charge is 2.26. The molecule has 0 amide bonds. The molecule has 3 aromatic rings. The van der Waals surface area contributed by atoms with E-state index in [2.05, 4.69) is 32.8 Å². The summed E-state index contributed by atoms with van der Waals surface area (Å²) in [5, 5.41) is 9.18. The van der Waals surface area contributed by atoms with Crippen molar-refractivity contribution in [2.45, 2.75) is 39.5 Å². The van der Waals surface area contributed by atoms with E-state index >= 15 is 0 Å². The number of aryl methyl sites for hydroxylation is 1. The van der Waals surface area contributed by atoms with Gasteiger partial charge in [0.2, 0.25) is 0 Å². The summed E-state index contributed by atoms with van der Waals surface area (Å²) < 4.78 is 14.4. The van der Waals surface area contributed by atoms with Crippen LogP contribution in [-0.2, 0) is 37.3 Å². The van der Waals surface area contributed by atoms with Crippen molar-refractivity contribution < 1.29 is 9.15 Å². The molecule has 3 aromatic heterocycles. The van der Waals surface area contributed by atoms with Crippen LogP contribution in [0.1, 0.15) is 23.7 Å². The number of nitrogens with zero attached hydrogens (tertiary/aromatic N) is 6. The Labute approximate surface area is 152 Å². The molecule has 4 rings (SSSR count). The number of hydrogen-bond donors (Lipinski definition) is 0. The lowest BCUT2D eigenvalue weighted by molar-refractivity contribution is 0.180. The molecule has 4 heterocycles. The van der Waals surface area contributed by atoms with Gasteiger partial charge in [0.05, 0.1) is 19.3 Å². The molecule has 8 nitrogen and oxygen atoms in total. The van der Waals surface area contributed by atoms with E-state index in [4.69, 9.17) is 14.3 Å². The number of rotatable bonds is 7. The van der Waals surface area contributed by atoms with Gasteiger partial charge < -0.3 is 9.15 Å². The molecule has 0 fully saturated rings. The van der Waals surface area contributed by atoms with Gasteiger partial charge in [0.1, 0.15) is 17.7 Å². The normalized spacial score (nSPS) is 14.7. The Bertz CT molecular complexity index is 851. The van der Waals surface area contributed by atoms with Gasteiger partial charge in [-0.3, -0.25) is 14.3 Å². The van der Waals surface area contributed by atoms with Gasteiger partial charge in [0.15, 0.2) is 6.39 Å². The van der Waals surface area contributed by atoms with Crippen molar-refractivity contribution >= 4 is 0 Å². The first-order chi connectivity index (χ1) is 12.8. The summed E-state index contributed by atoms with van der Waals surface area (Å²) in [6.07, 6.45) is 8.16. The molecular weight excluding hydrogens is 332 g/mol. The van der Waals surface area contributed by atoms with E-state index < -0.39 is 0 Å². The van der Waals surface area contributed by atoms with Crippen LogP contribution in [-0.4, -0.2) is 49.7 Å². The van der Waals surface area contributed by atoms with Gasteiger partial charge in [-0.25, -0.2) is 4.98 Å². The molecule has 0 aromatic carbocycles. The molecule has 8 heteroatoms. The second-order valence-corrected chi connectivity index (χ2v) is 6.53. The van der Waals surface area contributed by atoms with E-state index in [0.717, 1.165) is 50.5 Å². The molecule has 0 saturated carbocycles. The Hall–Kier alpha value is -2.45. The summed E-state index contributed by atoms with van der Waals surface area (Å²) in [6.45, 7) is 7.13. The zero-order chi connectivity index (χ0) is 17.9. The maximum absolute atomic E-state index is 5.24. The fraction of sp³-hybridized carbons (Fsp3) is 0.500. The van der Waals surface area contributed by atoms with Gasteiger partial charge in [-0.2, -0.15) is 10.2 Å². The van der Waals surface area contributed by atoms with Gasteiger partial charge in [-0.15, -0.1) is 0 Å². The average Bonchev–Trinajstić information content (AvgIpc) is 3.39. The van der Waals surface area contributed by atoms with E-state index in [9.17, 15) is 0 Å². The standard InChI is InChI=1S/C18H24N6O2/c1-3-23-10-14(8-20-23)9-22-5-4-17-15(11-22)18(16-12-26-13-19-16)21-24(17)6-7-25-2/h8,10,12-13H,3-7,9,11H2,1-2H3. The van der Waals surface area contributed by atoms with Crippen molar-refractivity contribution in [3.05, 3.63) is 41.9 Å². The van der Waals surface area contributed by atoms with Crippen LogP contribution in [0.4, 0.5) is 0 Å². The number of ether oxygens (including phenoxy) is 1. The number of methoxy groups -OCH3 is 1. The van der Waals surface area contributed by atoms with E-state index in [1.165, 1.54) is 23.2 Å². The summed E-state index contributed by atoms with van der Waals surface area (Å²) >= 11 is 0. The van der Waals surface area contributed by atoms with Crippen LogP contribution in [0.5, 0.6) is 0 Å². The van der Waals surface area contributed by atoms with Gasteiger partial charge in [0.25, 0.3) is 0 Å². The monoisotopic (exact) mass is 356 g/mol. The van der Waals surface area contributed by atoms with E-state index in [-0.39, 0.29) is 0 Å². The van der Waals surface area contributed by atoms with Crippen LogP contribution in [0, 0.1) is 0 Å². The first-order valence-electron chi connectivity index (χ1n) is 8.98. The van der Waals surface area contributed by atoms with E-state index in [1.807, 2.05) is 10.9 Å². The molecule has 1 aliphatic rings. The van der Waals surface area contributed by atoms with Crippen LogP contribution < -0.4 is 0 Å². The Morgan fingerprint density at radius 2 is 2.27 bits per heavy atom. The fourth-order valence-electron chi connectivity index (χ4n) is 3.50. The first kappa shape index (κ1) is 17.0.